The van der Waals surface area contributed by atoms with Gasteiger partial charge in [0.2, 0.25) is 0 Å². The Morgan fingerprint density at radius 3 is 2.67 bits per heavy atom. The first-order valence-electron chi connectivity index (χ1n) is 7.93. The van der Waals surface area contributed by atoms with Gasteiger partial charge in [0.25, 0.3) is 15.9 Å². The van der Waals surface area contributed by atoms with Crippen molar-refractivity contribution < 1.29 is 13.2 Å². The molecule has 1 heterocycles. The topological polar surface area (TPSA) is 97.3 Å². The number of hydrogen-bond donors (Lipinski definition) is 2. The van der Waals surface area contributed by atoms with Gasteiger partial charge in [-0.25, -0.2) is 13.1 Å². The quantitative estimate of drug-likeness (QED) is 0.655. The average Bonchev–Trinajstić information content (AvgIpc) is 2.90. The fourth-order valence-corrected chi connectivity index (χ4v) is 4.72. The molecule has 3 rings (SSSR count). The highest BCUT2D eigenvalue weighted by molar-refractivity contribution is 7.90. The van der Waals surface area contributed by atoms with E-state index in [2.05, 4.69) is 10.0 Å². The van der Waals surface area contributed by atoms with Crippen molar-refractivity contribution in [2.45, 2.75) is 11.8 Å². The van der Waals surface area contributed by atoms with Crippen molar-refractivity contribution in [1.82, 2.24) is 9.29 Å². The highest BCUT2D eigenvalue weighted by Crippen LogP contribution is 2.23. The Morgan fingerprint density at radius 2 is 1.96 bits per heavy atom. The van der Waals surface area contributed by atoms with Crippen molar-refractivity contribution >= 4 is 54.8 Å². The third-order valence-electron chi connectivity index (χ3n) is 3.89. The third kappa shape index (κ3) is 3.85. The number of thiazole rings is 1. The second-order valence-electron chi connectivity index (χ2n) is 5.71. The van der Waals surface area contributed by atoms with Gasteiger partial charge in [-0.1, -0.05) is 22.9 Å². The van der Waals surface area contributed by atoms with Crippen LogP contribution < -0.4 is 14.9 Å². The Kier molecular flexibility index (Phi) is 5.27. The molecular formula is C17H16ClN3O4S2. The zero-order valence-corrected chi connectivity index (χ0v) is 16.8. The van der Waals surface area contributed by atoms with Crippen LogP contribution >= 0.6 is 22.9 Å². The van der Waals surface area contributed by atoms with Crippen molar-refractivity contribution in [3.8, 4) is 0 Å². The number of aromatic nitrogens is 1. The lowest BCUT2D eigenvalue weighted by Gasteiger charge is -2.12. The van der Waals surface area contributed by atoms with Crippen molar-refractivity contribution in [2.24, 2.45) is 7.05 Å². The first kappa shape index (κ1) is 19.4. The monoisotopic (exact) mass is 425 g/mol. The molecule has 2 aromatic carbocycles. The molecule has 0 unspecified atom stereocenters. The minimum atomic E-state index is -4.12. The second-order valence-corrected chi connectivity index (χ2v) is 8.82. The number of carbonyl (C=O) groups is 1. The standard InChI is InChI=1S/C17H16ClN3O4S2/c1-3-19-13-6-4-10(18)8-12(13)16(22)20-27(24,25)11-5-7-14-15(9-11)26-17(23)21(14)2/h4-9,19H,3H2,1-2H3,(H,20,22). The molecule has 2 N–H and O–H groups in total. The summed E-state index contributed by atoms with van der Waals surface area (Å²) in [5.74, 6) is -0.796. The molecule has 3 aromatic rings. The Hall–Kier alpha value is -2.36. The van der Waals surface area contributed by atoms with Crippen LogP contribution in [0.25, 0.3) is 10.2 Å². The predicted octanol–water partition coefficient (Wildman–Crippen LogP) is 2.80. The summed E-state index contributed by atoms with van der Waals surface area (Å²) in [5, 5.41) is 3.31. The molecule has 10 heteroatoms. The van der Waals surface area contributed by atoms with Gasteiger partial charge in [-0.15, -0.1) is 0 Å². The van der Waals surface area contributed by atoms with Crippen LogP contribution in [0.5, 0.6) is 0 Å². The van der Waals surface area contributed by atoms with Crippen molar-refractivity contribution in [2.75, 3.05) is 11.9 Å². The van der Waals surface area contributed by atoms with Crippen LogP contribution in [0.4, 0.5) is 5.69 Å². The van der Waals surface area contributed by atoms with Gasteiger partial charge in [0.1, 0.15) is 0 Å². The molecule has 7 nitrogen and oxygen atoms in total. The van der Waals surface area contributed by atoms with Gasteiger partial charge in [0.05, 0.1) is 20.7 Å². The number of fused-ring (bicyclic) bond motifs is 1. The highest BCUT2D eigenvalue weighted by Gasteiger charge is 2.22. The zero-order chi connectivity index (χ0) is 19.8. The molecule has 0 aliphatic rings. The minimum Gasteiger partial charge on any atom is -0.385 e. The van der Waals surface area contributed by atoms with Crippen molar-refractivity contribution in [1.29, 1.82) is 0 Å². The molecule has 1 amide bonds. The molecule has 0 atom stereocenters. The van der Waals surface area contributed by atoms with Gasteiger partial charge >= 0.3 is 4.87 Å². The number of amides is 1. The second kappa shape index (κ2) is 7.34. The van der Waals surface area contributed by atoms with E-state index in [4.69, 9.17) is 11.6 Å². The SMILES string of the molecule is CCNc1ccc(Cl)cc1C(=O)NS(=O)(=O)c1ccc2c(c1)sc(=O)n2C. The molecule has 0 bridgehead atoms. The molecule has 0 radical (unpaired) electrons. The number of anilines is 1. The normalized spacial score (nSPS) is 11.5. The molecule has 0 saturated carbocycles. The van der Waals surface area contributed by atoms with E-state index in [1.807, 2.05) is 6.92 Å². The van der Waals surface area contributed by atoms with E-state index < -0.39 is 15.9 Å². The minimum absolute atomic E-state index is 0.0998. The highest BCUT2D eigenvalue weighted by atomic mass is 35.5. The maximum atomic E-state index is 12.6. The number of nitrogens with zero attached hydrogens (tertiary/aromatic N) is 1. The van der Waals surface area contributed by atoms with Crippen molar-refractivity contribution in [3.05, 3.63) is 56.7 Å². The summed E-state index contributed by atoms with van der Waals surface area (Å²) in [5.41, 5.74) is 1.23. The van der Waals surface area contributed by atoms with Crippen LogP contribution in [0.3, 0.4) is 0 Å². The van der Waals surface area contributed by atoms with E-state index >= 15 is 0 Å². The fourth-order valence-electron chi connectivity index (χ4n) is 2.57. The lowest BCUT2D eigenvalue weighted by atomic mass is 10.1. The van der Waals surface area contributed by atoms with Crippen LogP contribution in [0, 0.1) is 0 Å². The van der Waals surface area contributed by atoms with Gasteiger partial charge in [-0.2, -0.15) is 0 Å². The Balaban J connectivity index is 1.96. The number of aryl methyl sites for hydroxylation is 1. The van der Waals surface area contributed by atoms with Crippen LogP contribution in [0.15, 0.2) is 46.1 Å². The van der Waals surface area contributed by atoms with Crippen molar-refractivity contribution in [3.63, 3.8) is 0 Å². The molecule has 27 heavy (non-hydrogen) atoms. The van der Waals surface area contributed by atoms with Crippen LogP contribution in [-0.2, 0) is 17.1 Å². The maximum absolute atomic E-state index is 12.6. The fraction of sp³-hybridized carbons (Fsp3) is 0.176. The summed E-state index contributed by atoms with van der Waals surface area (Å²) < 4.78 is 29.3. The molecular weight excluding hydrogens is 410 g/mol. The number of rotatable bonds is 5. The Labute approximate surface area is 164 Å². The molecule has 0 spiro atoms. The lowest BCUT2D eigenvalue weighted by Crippen LogP contribution is -2.31. The molecule has 0 aliphatic carbocycles. The average molecular weight is 426 g/mol. The van der Waals surface area contributed by atoms with Crippen LogP contribution in [0.2, 0.25) is 5.02 Å². The van der Waals surface area contributed by atoms with Gasteiger partial charge in [0, 0.05) is 24.3 Å². The van der Waals surface area contributed by atoms with E-state index in [0.717, 1.165) is 11.3 Å². The van der Waals surface area contributed by atoms with E-state index in [1.165, 1.54) is 28.8 Å². The van der Waals surface area contributed by atoms with Gasteiger partial charge in [0.15, 0.2) is 0 Å². The number of sulfonamides is 1. The van der Waals surface area contributed by atoms with Gasteiger partial charge in [-0.05, 0) is 43.3 Å². The zero-order valence-electron chi connectivity index (χ0n) is 14.4. The van der Waals surface area contributed by atoms with E-state index in [-0.39, 0.29) is 15.3 Å². The summed E-state index contributed by atoms with van der Waals surface area (Å²) in [6.07, 6.45) is 0. The van der Waals surface area contributed by atoms with Gasteiger partial charge < -0.3 is 9.88 Å². The van der Waals surface area contributed by atoms with E-state index in [1.54, 1.807) is 19.2 Å². The van der Waals surface area contributed by atoms with E-state index in [0.29, 0.717) is 27.5 Å². The third-order valence-corrected chi connectivity index (χ3v) is 6.45. The summed E-state index contributed by atoms with van der Waals surface area (Å²) in [6.45, 7) is 2.41. The maximum Gasteiger partial charge on any atom is 0.307 e. The summed E-state index contributed by atoms with van der Waals surface area (Å²) >= 11 is 6.88. The summed E-state index contributed by atoms with van der Waals surface area (Å²) in [6, 6.07) is 8.89. The number of hydrogen-bond acceptors (Lipinski definition) is 6. The largest absolute Gasteiger partial charge is 0.385 e. The molecule has 0 aliphatic heterocycles. The molecule has 1 aromatic heterocycles. The first-order valence-corrected chi connectivity index (χ1v) is 10.6. The van der Waals surface area contributed by atoms with E-state index in [9.17, 15) is 18.0 Å². The summed E-state index contributed by atoms with van der Waals surface area (Å²) in [4.78, 5) is 24.0. The Morgan fingerprint density at radius 1 is 1.22 bits per heavy atom. The summed E-state index contributed by atoms with van der Waals surface area (Å²) in [7, 11) is -2.51. The van der Waals surface area contributed by atoms with Crippen LogP contribution in [0.1, 0.15) is 17.3 Å². The lowest BCUT2D eigenvalue weighted by molar-refractivity contribution is 0.0982. The molecule has 0 fully saturated rings. The van der Waals surface area contributed by atoms with Crippen LogP contribution in [-0.4, -0.2) is 25.4 Å². The predicted molar refractivity (Wildman–Crippen MR) is 107 cm³/mol. The number of nitrogens with one attached hydrogen (secondary N) is 2. The first-order chi connectivity index (χ1) is 12.7. The molecule has 0 saturated heterocycles. The molecule has 142 valence electrons. The Bertz CT molecular complexity index is 1200. The smallest absolute Gasteiger partial charge is 0.307 e. The van der Waals surface area contributed by atoms with Gasteiger partial charge in [-0.3, -0.25) is 9.59 Å². The number of carbonyl (C=O) groups excluding carboxylic acids is 1. The number of benzene rings is 2. The number of halogens is 1.